The third kappa shape index (κ3) is 3.62. The highest BCUT2D eigenvalue weighted by Crippen LogP contribution is 2.54. The van der Waals surface area contributed by atoms with Gasteiger partial charge in [0.2, 0.25) is 5.88 Å². The normalized spacial score (nSPS) is 15.1. The molecule has 3 rings (SSSR count). The van der Waals surface area contributed by atoms with Gasteiger partial charge in [0.05, 0.1) is 24.2 Å². The van der Waals surface area contributed by atoms with E-state index in [0.29, 0.717) is 0 Å². The van der Waals surface area contributed by atoms with E-state index in [9.17, 15) is 54.9 Å². The Bertz CT molecular complexity index is 1190. The van der Waals surface area contributed by atoms with Crippen LogP contribution < -0.4 is 0 Å². The minimum absolute atomic E-state index is 0.265. The molecule has 35 heavy (non-hydrogen) atoms. The molecule has 1 aromatic heterocycles. The summed E-state index contributed by atoms with van der Waals surface area (Å²) in [4.78, 5) is 23.9. The molecule has 0 unspecified atom stereocenters. The van der Waals surface area contributed by atoms with Gasteiger partial charge < -0.3 is 10.2 Å². The largest absolute Gasteiger partial charge is 0.494 e. The molecule has 1 aromatic carbocycles. The zero-order valence-electron chi connectivity index (χ0n) is 17.6. The Morgan fingerprint density at radius 3 is 1.66 bits per heavy atom. The Labute approximate surface area is 191 Å². The Hall–Kier alpha value is -3.58. The molecule has 190 valence electrons. The number of fused-ring (bicyclic) bond motifs is 1. The fourth-order valence-corrected chi connectivity index (χ4v) is 3.57. The molecule has 0 saturated heterocycles. The molecule has 2 amide bonds. The molecule has 6 nitrogen and oxygen atoms in total. The number of aromatic nitrogens is 1. The van der Waals surface area contributed by atoms with E-state index in [1.807, 2.05) is 0 Å². The van der Waals surface area contributed by atoms with E-state index in [-0.39, 0.29) is 15.7 Å². The van der Waals surface area contributed by atoms with Gasteiger partial charge >= 0.3 is 23.7 Å². The molecule has 0 saturated carbocycles. The summed E-state index contributed by atoms with van der Waals surface area (Å²) in [6.07, 6.45) is 0.849. The number of halogens is 8. The highest BCUT2D eigenvalue weighted by molar-refractivity contribution is 6.21. The van der Waals surface area contributed by atoms with Crippen molar-refractivity contribution in [3.8, 4) is 11.8 Å². The van der Waals surface area contributed by atoms with Gasteiger partial charge in [-0.25, -0.2) is 0 Å². The van der Waals surface area contributed by atoms with E-state index in [4.69, 9.17) is 0 Å². The quantitative estimate of drug-likeness (QED) is 0.397. The Balaban J connectivity index is 1.94. The Morgan fingerprint density at radius 2 is 1.26 bits per heavy atom. The van der Waals surface area contributed by atoms with Crippen LogP contribution in [0.3, 0.4) is 0 Å². The topological polar surface area (TPSA) is 82.8 Å². The van der Waals surface area contributed by atoms with Crippen molar-refractivity contribution >= 4 is 17.9 Å². The highest BCUT2D eigenvalue weighted by atomic mass is 19.4. The number of nitrogens with zero attached hydrogens (tertiary/aromatic N) is 2. The van der Waals surface area contributed by atoms with Gasteiger partial charge in [-0.3, -0.25) is 19.1 Å². The summed E-state index contributed by atoms with van der Waals surface area (Å²) in [7, 11) is 0. The maximum absolute atomic E-state index is 14.4. The molecule has 0 bridgehead atoms. The van der Waals surface area contributed by atoms with E-state index >= 15 is 0 Å². The van der Waals surface area contributed by atoms with Crippen molar-refractivity contribution in [1.29, 1.82) is 0 Å². The van der Waals surface area contributed by atoms with Crippen LogP contribution in [-0.4, -0.2) is 61.7 Å². The number of hydrogen-bond donors (Lipinski definition) is 2. The average Bonchev–Trinajstić information content (AvgIpc) is 3.12. The maximum Gasteiger partial charge on any atom is 0.380 e. The number of benzene rings is 1. The van der Waals surface area contributed by atoms with Crippen molar-refractivity contribution in [2.24, 2.45) is 0 Å². The summed E-state index contributed by atoms with van der Waals surface area (Å²) in [5.74, 6) is -31.0. The average molecular weight is 512 g/mol. The lowest BCUT2D eigenvalue weighted by Crippen LogP contribution is -2.65. The molecule has 0 aliphatic carbocycles. The minimum atomic E-state index is -6.80. The van der Waals surface area contributed by atoms with Crippen LogP contribution >= 0.6 is 0 Å². The molecular weight excluding hydrogens is 496 g/mol. The minimum Gasteiger partial charge on any atom is -0.494 e. The maximum atomic E-state index is 14.4. The predicted octanol–water partition coefficient (Wildman–Crippen LogP) is 4.69. The van der Waals surface area contributed by atoms with Crippen LogP contribution in [0, 0.1) is 6.92 Å². The van der Waals surface area contributed by atoms with E-state index < -0.39 is 76.4 Å². The van der Waals surface area contributed by atoms with Gasteiger partial charge in [0.15, 0.2) is 5.88 Å². The molecule has 1 aliphatic heterocycles. The summed E-state index contributed by atoms with van der Waals surface area (Å²) >= 11 is 0. The number of rotatable bonds is 8. The first-order chi connectivity index (χ1) is 15.9. The third-order valence-electron chi connectivity index (χ3n) is 5.60. The molecule has 1 aliphatic rings. The number of amides is 2. The fraction of sp³-hybridized carbons (Fsp3) is 0.333. The van der Waals surface area contributed by atoms with Gasteiger partial charge in [0.1, 0.15) is 0 Å². The van der Waals surface area contributed by atoms with Gasteiger partial charge in [0.25, 0.3) is 11.8 Å². The smallest absolute Gasteiger partial charge is 0.380 e. The molecule has 2 aromatic rings. The van der Waals surface area contributed by atoms with E-state index in [1.165, 1.54) is 12.1 Å². The van der Waals surface area contributed by atoms with Gasteiger partial charge in [-0.2, -0.15) is 35.1 Å². The van der Waals surface area contributed by atoms with Crippen molar-refractivity contribution < 1.29 is 54.9 Å². The number of carbonyl (C=O) groups excluding carboxylic acids is 2. The van der Waals surface area contributed by atoms with Crippen molar-refractivity contribution in [3.05, 3.63) is 53.1 Å². The second-order valence-corrected chi connectivity index (χ2v) is 7.78. The van der Waals surface area contributed by atoms with Gasteiger partial charge in [0, 0.05) is 11.1 Å². The standard InChI is InChI=1S/C21H16F8N2O4/c1-3-11-10(2)14(32)30(15(11)33)8-18(22,23)20(26,27)21(28,29)19(24,25)9-31-16(34)12-6-4-5-7-13(12)17(31)35/h3-7,32-33H,1,8-9H2,2H3. The van der Waals surface area contributed by atoms with Crippen molar-refractivity contribution in [2.75, 3.05) is 6.54 Å². The van der Waals surface area contributed by atoms with Crippen molar-refractivity contribution in [1.82, 2.24) is 9.47 Å². The van der Waals surface area contributed by atoms with Crippen LogP contribution in [0.25, 0.3) is 6.08 Å². The molecule has 2 N–H and O–H groups in total. The van der Waals surface area contributed by atoms with E-state index in [1.54, 1.807) is 0 Å². The summed E-state index contributed by atoms with van der Waals surface area (Å²) in [5, 5.41) is 19.7. The zero-order valence-corrected chi connectivity index (χ0v) is 17.6. The molecular formula is C21H16F8N2O4. The zero-order chi connectivity index (χ0) is 26.7. The first kappa shape index (κ1) is 26.0. The van der Waals surface area contributed by atoms with Crippen LogP contribution in [0.5, 0.6) is 11.8 Å². The summed E-state index contributed by atoms with van der Waals surface area (Å²) in [5.41, 5.74) is -1.62. The number of imide groups is 1. The van der Waals surface area contributed by atoms with E-state index in [0.717, 1.165) is 25.1 Å². The van der Waals surface area contributed by atoms with Crippen molar-refractivity contribution in [2.45, 2.75) is 37.2 Å². The molecule has 14 heteroatoms. The third-order valence-corrected chi connectivity index (χ3v) is 5.60. The Morgan fingerprint density at radius 1 is 0.829 bits per heavy atom. The molecule has 2 heterocycles. The van der Waals surface area contributed by atoms with Crippen LogP contribution in [-0.2, 0) is 6.54 Å². The molecule has 0 spiro atoms. The Kier molecular flexibility index (Phi) is 5.94. The SMILES string of the molecule is C=Cc1c(C)c(O)n(CC(F)(F)C(F)(F)C(F)(F)C(F)(F)CN2C(=O)c3ccccc3C2=O)c1O. The first-order valence-corrected chi connectivity index (χ1v) is 9.63. The lowest BCUT2D eigenvalue weighted by atomic mass is 9.98. The monoisotopic (exact) mass is 512 g/mol. The lowest BCUT2D eigenvalue weighted by molar-refractivity contribution is -0.368. The van der Waals surface area contributed by atoms with Crippen LogP contribution in [0.2, 0.25) is 0 Å². The number of aromatic hydroxyl groups is 2. The second kappa shape index (κ2) is 7.99. The second-order valence-electron chi connectivity index (χ2n) is 7.78. The summed E-state index contributed by atoms with van der Waals surface area (Å²) < 4.78 is 115. The fourth-order valence-electron chi connectivity index (χ4n) is 3.57. The van der Waals surface area contributed by atoms with Crippen LogP contribution in [0.15, 0.2) is 30.8 Å². The van der Waals surface area contributed by atoms with Gasteiger partial charge in [-0.05, 0) is 19.1 Å². The van der Waals surface area contributed by atoms with Crippen molar-refractivity contribution in [3.63, 3.8) is 0 Å². The predicted molar refractivity (Wildman–Crippen MR) is 104 cm³/mol. The molecule has 0 fully saturated rings. The highest BCUT2D eigenvalue weighted by Gasteiger charge is 2.80. The number of hydrogen-bond acceptors (Lipinski definition) is 4. The van der Waals surface area contributed by atoms with E-state index in [2.05, 4.69) is 6.58 Å². The number of carbonyl (C=O) groups is 2. The van der Waals surface area contributed by atoms with Crippen LogP contribution in [0.4, 0.5) is 35.1 Å². The molecule has 0 atom stereocenters. The van der Waals surface area contributed by atoms with Gasteiger partial charge in [-0.1, -0.05) is 24.8 Å². The number of alkyl halides is 8. The molecule has 0 radical (unpaired) electrons. The van der Waals surface area contributed by atoms with Gasteiger partial charge in [-0.15, -0.1) is 0 Å². The first-order valence-electron chi connectivity index (χ1n) is 9.63. The van der Waals surface area contributed by atoms with Crippen LogP contribution in [0.1, 0.15) is 31.8 Å². The summed E-state index contributed by atoms with van der Waals surface area (Å²) in [6, 6.07) is 4.45. The summed E-state index contributed by atoms with van der Waals surface area (Å²) in [6.45, 7) is -0.876. The lowest BCUT2D eigenvalue weighted by Gasteiger charge is -2.37.